The Morgan fingerprint density at radius 3 is 2.77 bits per heavy atom. The first-order valence-corrected chi connectivity index (χ1v) is 11.5. The molecule has 8 heteroatoms. The summed E-state index contributed by atoms with van der Waals surface area (Å²) in [6.45, 7) is 7.09. The van der Waals surface area contributed by atoms with Crippen LogP contribution in [0, 0.1) is 6.92 Å². The zero-order valence-corrected chi connectivity index (χ0v) is 18.8. The monoisotopic (exact) mass is 444 g/mol. The number of fused-ring (bicyclic) bond motifs is 1. The fourth-order valence-corrected chi connectivity index (χ4v) is 5.17. The Kier molecular flexibility index (Phi) is 5.84. The fraction of sp³-hybridized carbons (Fsp3) is 0.409. The minimum absolute atomic E-state index is 0.167. The third kappa shape index (κ3) is 3.72. The van der Waals surface area contributed by atoms with Crippen LogP contribution in [0.15, 0.2) is 29.1 Å². The largest absolute Gasteiger partial charge is 0.345 e. The van der Waals surface area contributed by atoms with Crippen LogP contribution in [0.5, 0.6) is 0 Å². The first kappa shape index (κ1) is 20.9. The molecule has 1 aliphatic heterocycles. The maximum Gasteiger partial charge on any atom is 0.243 e. The number of piperazine rings is 1. The molecule has 0 radical (unpaired) electrons. The third-order valence-corrected chi connectivity index (χ3v) is 6.72. The zero-order valence-electron chi connectivity index (χ0n) is 17.2. The summed E-state index contributed by atoms with van der Waals surface area (Å²) in [7, 11) is 0. The lowest BCUT2D eigenvalue weighted by molar-refractivity contribution is -0.137. The quantitative estimate of drug-likeness (QED) is 0.607. The standard InChI is InChI=1S/C22H25ClN4O2S/c1-4-7-27-13(3)19(16-8-14(23)5-6-18(16)27)12(2)20-22(29)25-17(21(28)26-20)9-15-10-30-11-24-15/h5-6,8,10-12,17,20H,4,7,9H2,1-3H3,(H,25,29)(H,26,28). The van der Waals surface area contributed by atoms with Gasteiger partial charge in [-0.3, -0.25) is 9.59 Å². The topological polar surface area (TPSA) is 76.0 Å². The molecule has 6 nitrogen and oxygen atoms in total. The second-order valence-corrected chi connectivity index (χ2v) is 8.99. The van der Waals surface area contributed by atoms with E-state index in [0.717, 1.165) is 40.8 Å². The van der Waals surface area contributed by atoms with E-state index in [-0.39, 0.29) is 17.7 Å². The summed E-state index contributed by atoms with van der Waals surface area (Å²) in [6.07, 6.45) is 1.40. The van der Waals surface area contributed by atoms with Crippen LogP contribution in [0.4, 0.5) is 0 Å². The van der Waals surface area contributed by atoms with Crippen molar-refractivity contribution >= 4 is 45.7 Å². The zero-order chi connectivity index (χ0) is 21.4. The molecule has 0 bridgehead atoms. The van der Waals surface area contributed by atoms with E-state index < -0.39 is 12.1 Å². The van der Waals surface area contributed by atoms with Crippen LogP contribution >= 0.6 is 22.9 Å². The average molecular weight is 445 g/mol. The van der Waals surface area contributed by atoms with Gasteiger partial charge in [-0.05, 0) is 37.1 Å². The smallest absolute Gasteiger partial charge is 0.243 e. The molecule has 3 atom stereocenters. The van der Waals surface area contributed by atoms with E-state index in [4.69, 9.17) is 11.6 Å². The van der Waals surface area contributed by atoms with Gasteiger partial charge in [-0.25, -0.2) is 4.98 Å². The Labute approximate surface area is 184 Å². The highest BCUT2D eigenvalue weighted by molar-refractivity contribution is 7.07. The number of aromatic nitrogens is 2. The van der Waals surface area contributed by atoms with Crippen LogP contribution in [-0.2, 0) is 22.6 Å². The molecule has 0 saturated carbocycles. The van der Waals surface area contributed by atoms with Crippen molar-refractivity contribution in [3.8, 4) is 0 Å². The predicted molar refractivity (Wildman–Crippen MR) is 120 cm³/mol. The number of hydrogen-bond donors (Lipinski definition) is 2. The maximum atomic E-state index is 13.0. The number of carbonyl (C=O) groups excluding carboxylic acids is 2. The summed E-state index contributed by atoms with van der Waals surface area (Å²) in [6, 6.07) is 4.64. The Morgan fingerprint density at radius 1 is 1.27 bits per heavy atom. The first-order valence-electron chi connectivity index (χ1n) is 10.2. The van der Waals surface area contributed by atoms with Crippen LogP contribution in [0.25, 0.3) is 10.9 Å². The van der Waals surface area contributed by atoms with Gasteiger partial charge in [0, 0.05) is 45.9 Å². The highest BCUT2D eigenvalue weighted by atomic mass is 35.5. The van der Waals surface area contributed by atoms with Crippen molar-refractivity contribution in [1.82, 2.24) is 20.2 Å². The highest BCUT2D eigenvalue weighted by Crippen LogP contribution is 2.35. The number of aryl methyl sites for hydroxylation is 1. The average Bonchev–Trinajstić information content (AvgIpc) is 3.31. The molecule has 0 aliphatic carbocycles. The second kappa shape index (κ2) is 8.40. The van der Waals surface area contributed by atoms with Gasteiger partial charge in [0.25, 0.3) is 0 Å². The minimum atomic E-state index is -0.637. The van der Waals surface area contributed by atoms with Crippen molar-refractivity contribution in [2.75, 3.05) is 0 Å². The van der Waals surface area contributed by atoms with E-state index in [1.165, 1.54) is 11.3 Å². The molecule has 158 valence electrons. The van der Waals surface area contributed by atoms with E-state index in [2.05, 4.69) is 34.0 Å². The van der Waals surface area contributed by atoms with Gasteiger partial charge in [0.2, 0.25) is 11.8 Å². The Hall–Kier alpha value is -2.38. The molecule has 3 unspecified atom stereocenters. The van der Waals surface area contributed by atoms with Crippen LogP contribution < -0.4 is 10.6 Å². The summed E-state index contributed by atoms with van der Waals surface area (Å²) >= 11 is 7.77. The van der Waals surface area contributed by atoms with Crippen molar-refractivity contribution in [2.45, 2.75) is 58.2 Å². The molecule has 1 fully saturated rings. The number of carbonyl (C=O) groups is 2. The van der Waals surface area contributed by atoms with Gasteiger partial charge in [0.1, 0.15) is 12.1 Å². The van der Waals surface area contributed by atoms with E-state index in [9.17, 15) is 9.59 Å². The molecule has 1 aliphatic rings. The van der Waals surface area contributed by atoms with Gasteiger partial charge >= 0.3 is 0 Å². The van der Waals surface area contributed by atoms with Gasteiger partial charge in [-0.15, -0.1) is 11.3 Å². The number of rotatable bonds is 6. The van der Waals surface area contributed by atoms with E-state index in [1.807, 2.05) is 30.5 Å². The maximum absolute atomic E-state index is 13.0. The van der Waals surface area contributed by atoms with E-state index in [1.54, 1.807) is 5.51 Å². The van der Waals surface area contributed by atoms with Crippen LogP contribution in [0.3, 0.4) is 0 Å². The van der Waals surface area contributed by atoms with Gasteiger partial charge in [0.05, 0.1) is 11.2 Å². The lowest BCUT2D eigenvalue weighted by Gasteiger charge is -2.33. The Morgan fingerprint density at radius 2 is 2.07 bits per heavy atom. The number of halogens is 1. The van der Waals surface area contributed by atoms with Crippen molar-refractivity contribution in [2.24, 2.45) is 0 Å². The lowest BCUT2D eigenvalue weighted by Crippen LogP contribution is -2.63. The highest BCUT2D eigenvalue weighted by Gasteiger charge is 2.38. The van der Waals surface area contributed by atoms with Crippen LogP contribution in [0.2, 0.25) is 5.02 Å². The lowest BCUT2D eigenvalue weighted by atomic mass is 9.88. The van der Waals surface area contributed by atoms with Gasteiger partial charge < -0.3 is 15.2 Å². The van der Waals surface area contributed by atoms with Crippen molar-refractivity contribution in [3.63, 3.8) is 0 Å². The number of benzene rings is 1. The molecule has 0 spiro atoms. The summed E-state index contributed by atoms with van der Waals surface area (Å²) in [5, 5.41) is 9.44. The molecular weight excluding hydrogens is 420 g/mol. The molecule has 4 rings (SSSR count). The molecule has 1 saturated heterocycles. The van der Waals surface area contributed by atoms with Crippen LogP contribution in [0.1, 0.15) is 43.1 Å². The Bertz CT molecular complexity index is 1090. The minimum Gasteiger partial charge on any atom is -0.345 e. The van der Waals surface area contributed by atoms with Gasteiger partial charge in [-0.1, -0.05) is 25.4 Å². The molecule has 1 aromatic carbocycles. The third-order valence-electron chi connectivity index (χ3n) is 5.85. The normalized spacial score (nSPS) is 20.3. The summed E-state index contributed by atoms with van der Waals surface area (Å²) < 4.78 is 2.27. The number of nitrogens with zero attached hydrogens (tertiary/aromatic N) is 2. The van der Waals surface area contributed by atoms with Crippen LogP contribution in [-0.4, -0.2) is 33.4 Å². The predicted octanol–water partition coefficient (Wildman–Crippen LogP) is 3.80. The Balaban J connectivity index is 1.65. The molecule has 3 aromatic rings. The number of thiazole rings is 1. The number of amides is 2. The first-order chi connectivity index (χ1) is 14.4. The summed E-state index contributed by atoms with van der Waals surface area (Å²) in [4.78, 5) is 29.9. The number of nitrogens with one attached hydrogen (secondary N) is 2. The second-order valence-electron chi connectivity index (χ2n) is 7.83. The van der Waals surface area contributed by atoms with Gasteiger partial charge in [0.15, 0.2) is 0 Å². The van der Waals surface area contributed by atoms with Crippen molar-refractivity contribution in [3.05, 3.63) is 51.1 Å². The molecule has 2 N–H and O–H groups in total. The molecule has 2 amide bonds. The molecular formula is C22H25ClN4O2S. The molecule has 30 heavy (non-hydrogen) atoms. The van der Waals surface area contributed by atoms with E-state index in [0.29, 0.717) is 11.4 Å². The van der Waals surface area contributed by atoms with E-state index >= 15 is 0 Å². The SMILES string of the molecule is CCCn1c(C)c(C(C)C2NC(=O)C(Cc3cscn3)NC2=O)c2cc(Cl)ccc21. The molecule has 3 heterocycles. The number of hydrogen-bond acceptors (Lipinski definition) is 4. The summed E-state index contributed by atoms with van der Waals surface area (Å²) in [5.41, 5.74) is 5.79. The van der Waals surface area contributed by atoms with Gasteiger partial charge in [-0.2, -0.15) is 0 Å². The molecule has 2 aromatic heterocycles. The summed E-state index contributed by atoms with van der Waals surface area (Å²) in [5.74, 6) is -0.541. The van der Waals surface area contributed by atoms with Crippen molar-refractivity contribution in [1.29, 1.82) is 0 Å². The fourth-order valence-electron chi connectivity index (χ4n) is 4.42. The van der Waals surface area contributed by atoms with Crippen molar-refractivity contribution < 1.29 is 9.59 Å².